The first-order valence-corrected chi connectivity index (χ1v) is 6.07. The standard InChI is InChI=1S/C12H14BrNO3/c1-3-8-6-9(13)4-5-10(8)14-11(15)7(2)12(16)17/h4-7H,3H2,1-2H3,(H,14,15)(H,16,17). The summed E-state index contributed by atoms with van der Waals surface area (Å²) in [5, 5.41) is 11.4. The van der Waals surface area contributed by atoms with Crippen molar-refractivity contribution in [2.24, 2.45) is 5.92 Å². The Morgan fingerprint density at radius 2 is 2.12 bits per heavy atom. The zero-order chi connectivity index (χ0) is 13.0. The molecule has 0 radical (unpaired) electrons. The third-order valence-corrected chi connectivity index (χ3v) is 2.96. The molecule has 0 bridgehead atoms. The van der Waals surface area contributed by atoms with Gasteiger partial charge >= 0.3 is 5.97 Å². The maximum absolute atomic E-state index is 11.6. The molecule has 4 nitrogen and oxygen atoms in total. The van der Waals surface area contributed by atoms with Crippen LogP contribution in [0.15, 0.2) is 22.7 Å². The SMILES string of the molecule is CCc1cc(Br)ccc1NC(=O)C(C)C(=O)O. The summed E-state index contributed by atoms with van der Waals surface area (Å²) in [5.74, 6) is -2.68. The number of amides is 1. The van der Waals surface area contributed by atoms with Gasteiger partial charge in [0.1, 0.15) is 5.92 Å². The number of carboxylic acids is 1. The molecule has 0 aliphatic heterocycles. The Balaban J connectivity index is 2.88. The van der Waals surface area contributed by atoms with Gasteiger partial charge in [-0.2, -0.15) is 0 Å². The molecule has 0 aliphatic rings. The van der Waals surface area contributed by atoms with Gasteiger partial charge in [-0.1, -0.05) is 22.9 Å². The summed E-state index contributed by atoms with van der Waals surface area (Å²) in [5.41, 5.74) is 1.62. The van der Waals surface area contributed by atoms with Crippen LogP contribution in [0.1, 0.15) is 19.4 Å². The van der Waals surface area contributed by atoms with E-state index in [1.54, 1.807) is 12.1 Å². The second-order valence-electron chi connectivity index (χ2n) is 3.70. The van der Waals surface area contributed by atoms with Crippen LogP contribution in [0.25, 0.3) is 0 Å². The summed E-state index contributed by atoms with van der Waals surface area (Å²) in [7, 11) is 0. The first kappa shape index (κ1) is 13.7. The van der Waals surface area contributed by atoms with E-state index in [-0.39, 0.29) is 0 Å². The highest BCUT2D eigenvalue weighted by Gasteiger charge is 2.21. The van der Waals surface area contributed by atoms with Crippen LogP contribution in [-0.2, 0) is 16.0 Å². The number of nitrogens with one attached hydrogen (secondary N) is 1. The molecule has 92 valence electrons. The van der Waals surface area contributed by atoms with Crippen LogP contribution in [0.5, 0.6) is 0 Å². The van der Waals surface area contributed by atoms with E-state index in [4.69, 9.17) is 5.11 Å². The van der Waals surface area contributed by atoms with Crippen LogP contribution in [0, 0.1) is 5.92 Å². The van der Waals surface area contributed by atoms with Gasteiger partial charge in [-0.15, -0.1) is 0 Å². The van der Waals surface area contributed by atoms with Gasteiger partial charge in [0.15, 0.2) is 0 Å². The van der Waals surface area contributed by atoms with Gasteiger partial charge in [-0.05, 0) is 37.1 Å². The molecule has 0 spiro atoms. The molecule has 1 aromatic rings. The van der Waals surface area contributed by atoms with Crippen LogP contribution < -0.4 is 5.32 Å². The molecule has 0 saturated heterocycles. The van der Waals surface area contributed by atoms with Crippen molar-refractivity contribution in [3.63, 3.8) is 0 Å². The minimum atomic E-state index is -1.13. The highest BCUT2D eigenvalue weighted by atomic mass is 79.9. The lowest BCUT2D eigenvalue weighted by atomic mass is 10.1. The Labute approximate surface area is 108 Å². The highest BCUT2D eigenvalue weighted by Crippen LogP contribution is 2.22. The molecule has 2 N–H and O–H groups in total. The number of anilines is 1. The van der Waals surface area contributed by atoms with E-state index >= 15 is 0 Å². The molecule has 1 aromatic carbocycles. The maximum Gasteiger partial charge on any atom is 0.315 e. The number of aryl methyl sites for hydroxylation is 1. The minimum Gasteiger partial charge on any atom is -0.481 e. The highest BCUT2D eigenvalue weighted by molar-refractivity contribution is 9.10. The fraction of sp³-hybridized carbons (Fsp3) is 0.333. The summed E-state index contributed by atoms with van der Waals surface area (Å²) >= 11 is 3.35. The van der Waals surface area contributed by atoms with Gasteiger partial charge in [-0.3, -0.25) is 9.59 Å². The number of carbonyl (C=O) groups excluding carboxylic acids is 1. The smallest absolute Gasteiger partial charge is 0.315 e. The predicted molar refractivity (Wildman–Crippen MR) is 68.9 cm³/mol. The van der Waals surface area contributed by atoms with E-state index in [0.717, 1.165) is 16.5 Å². The first-order valence-electron chi connectivity index (χ1n) is 5.27. The molecule has 0 aromatic heterocycles. The molecule has 1 amide bonds. The zero-order valence-corrected chi connectivity index (χ0v) is 11.2. The Morgan fingerprint density at radius 1 is 1.47 bits per heavy atom. The summed E-state index contributed by atoms with van der Waals surface area (Å²) < 4.78 is 0.929. The molecule has 0 aliphatic carbocycles. The monoisotopic (exact) mass is 299 g/mol. The largest absolute Gasteiger partial charge is 0.481 e. The first-order chi connectivity index (χ1) is 7.95. The topological polar surface area (TPSA) is 66.4 Å². The van der Waals surface area contributed by atoms with Crippen molar-refractivity contribution < 1.29 is 14.7 Å². The van der Waals surface area contributed by atoms with E-state index in [9.17, 15) is 9.59 Å². The van der Waals surface area contributed by atoms with E-state index in [2.05, 4.69) is 21.2 Å². The molecule has 0 heterocycles. The number of rotatable bonds is 4. The number of carbonyl (C=O) groups is 2. The van der Waals surface area contributed by atoms with Crippen molar-refractivity contribution in [3.8, 4) is 0 Å². The summed E-state index contributed by atoms with van der Waals surface area (Å²) in [6, 6.07) is 5.47. The molecule has 1 rings (SSSR count). The normalized spacial score (nSPS) is 11.9. The maximum atomic E-state index is 11.6. The minimum absolute atomic E-state index is 0.505. The molecular weight excluding hydrogens is 286 g/mol. The molecule has 0 fully saturated rings. The molecule has 17 heavy (non-hydrogen) atoms. The second-order valence-corrected chi connectivity index (χ2v) is 4.62. The van der Waals surface area contributed by atoms with Crippen LogP contribution in [-0.4, -0.2) is 17.0 Å². The van der Waals surface area contributed by atoms with Crippen LogP contribution >= 0.6 is 15.9 Å². The van der Waals surface area contributed by atoms with Gasteiger partial charge in [0.05, 0.1) is 0 Å². The molecule has 0 saturated carbocycles. The fourth-order valence-electron chi connectivity index (χ4n) is 1.33. The van der Waals surface area contributed by atoms with Crippen LogP contribution in [0.3, 0.4) is 0 Å². The Hall–Kier alpha value is -1.36. The number of aliphatic carboxylic acids is 1. The third-order valence-electron chi connectivity index (χ3n) is 2.47. The molecule has 1 unspecified atom stereocenters. The van der Waals surface area contributed by atoms with Crippen molar-refractivity contribution >= 4 is 33.5 Å². The van der Waals surface area contributed by atoms with Gasteiger partial charge in [0.25, 0.3) is 0 Å². The lowest BCUT2D eigenvalue weighted by Crippen LogP contribution is -2.27. The average Bonchev–Trinajstić information content (AvgIpc) is 2.30. The molecule has 5 heteroatoms. The number of halogens is 1. The number of carboxylic acid groups (broad SMARTS) is 1. The van der Waals surface area contributed by atoms with Gasteiger partial charge < -0.3 is 10.4 Å². The number of hydrogen-bond donors (Lipinski definition) is 2. The molecule has 1 atom stereocenters. The van der Waals surface area contributed by atoms with E-state index < -0.39 is 17.8 Å². The predicted octanol–water partition coefficient (Wildman–Crippen LogP) is 2.67. The fourth-order valence-corrected chi connectivity index (χ4v) is 1.74. The van der Waals surface area contributed by atoms with E-state index in [0.29, 0.717) is 5.69 Å². The summed E-state index contributed by atoms with van der Waals surface area (Å²) in [6.45, 7) is 3.33. The van der Waals surface area contributed by atoms with Crippen LogP contribution in [0.2, 0.25) is 0 Å². The number of benzene rings is 1. The van der Waals surface area contributed by atoms with E-state index in [1.807, 2.05) is 13.0 Å². The molecular formula is C12H14BrNO3. The third kappa shape index (κ3) is 3.56. The van der Waals surface area contributed by atoms with E-state index in [1.165, 1.54) is 6.92 Å². The Morgan fingerprint density at radius 3 is 2.65 bits per heavy atom. The Bertz CT molecular complexity index is 445. The van der Waals surface area contributed by atoms with Crippen molar-refractivity contribution in [3.05, 3.63) is 28.2 Å². The summed E-state index contributed by atoms with van der Waals surface area (Å²) in [4.78, 5) is 22.3. The van der Waals surface area contributed by atoms with Crippen molar-refractivity contribution in [1.29, 1.82) is 0 Å². The van der Waals surface area contributed by atoms with Crippen molar-refractivity contribution in [2.75, 3.05) is 5.32 Å². The quantitative estimate of drug-likeness (QED) is 0.840. The lowest BCUT2D eigenvalue weighted by molar-refractivity contribution is -0.144. The van der Waals surface area contributed by atoms with Gasteiger partial charge in [0, 0.05) is 10.2 Å². The second kappa shape index (κ2) is 5.82. The number of hydrogen-bond acceptors (Lipinski definition) is 2. The zero-order valence-electron chi connectivity index (χ0n) is 9.66. The van der Waals surface area contributed by atoms with Gasteiger partial charge in [0.2, 0.25) is 5.91 Å². The lowest BCUT2D eigenvalue weighted by Gasteiger charge is -2.12. The van der Waals surface area contributed by atoms with Crippen molar-refractivity contribution in [2.45, 2.75) is 20.3 Å². The van der Waals surface area contributed by atoms with Gasteiger partial charge in [-0.25, -0.2) is 0 Å². The van der Waals surface area contributed by atoms with Crippen LogP contribution in [0.4, 0.5) is 5.69 Å². The Kier molecular flexibility index (Phi) is 4.69. The summed E-state index contributed by atoms with van der Waals surface area (Å²) in [6.07, 6.45) is 0.760. The average molecular weight is 300 g/mol. The van der Waals surface area contributed by atoms with Crippen molar-refractivity contribution in [1.82, 2.24) is 0 Å².